The average Bonchev–Trinajstić information content (AvgIpc) is 2.36. The molecule has 5 heteroatoms. The maximum absolute atomic E-state index is 10.3. The molecule has 3 nitrogen and oxygen atoms in total. The van der Waals surface area contributed by atoms with E-state index in [1.54, 1.807) is 11.3 Å². The molecule has 0 aliphatic rings. The maximum Gasteiger partial charge on any atom is 0.264 e. The monoisotopic (exact) mass is 206 g/mol. The predicted molar refractivity (Wildman–Crippen MR) is 49.1 cm³/mol. The highest BCUT2D eigenvalue weighted by Gasteiger charge is 2.03. The Morgan fingerprint density at radius 2 is 2.25 bits per heavy atom. The summed E-state index contributed by atoms with van der Waals surface area (Å²) in [7, 11) is -3.77. The molecule has 1 N–H and O–H groups in total. The Morgan fingerprint density at radius 3 is 2.75 bits per heavy atom. The van der Waals surface area contributed by atoms with Crippen LogP contribution in [-0.4, -0.2) is 18.7 Å². The first kappa shape index (κ1) is 9.70. The number of hydrogen-bond acceptors (Lipinski definition) is 3. The molecule has 0 radical (unpaired) electrons. The first-order valence-corrected chi connectivity index (χ1v) is 6.09. The van der Waals surface area contributed by atoms with Gasteiger partial charge in [0.15, 0.2) is 0 Å². The Kier molecular flexibility index (Phi) is 3.25. The fourth-order valence-corrected chi connectivity index (χ4v) is 2.11. The quantitative estimate of drug-likeness (QED) is 0.761. The number of hydrogen-bond donors (Lipinski definition) is 1. The summed E-state index contributed by atoms with van der Waals surface area (Å²) in [6, 6.07) is 1.95. The van der Waals surface area contributed by atoms with Gasteiger partial charge in [-0.05, 0) is 35.2 Å². The molecule has 0 aliphatic carbocycles. The second kappa shape index (κ2) is 4.02. The summed E-state index contributed by atoms with van der Waals surface area (Å²) in [5.41, 5.74) is 1.13. The van der Waals surface area contributed by atoms with Gasteiger partial charge in [0.1, 0.15) is 0 Å². The minimum Gasteiger partial charge on any atom is -0.286 e. The lowest BCUT2D eigenvalue weighted by molar-refractivity contribution is 0.481. The number of rotatable bonds is 4. The summed E-state index contributed by atoms with van der Waals surface area (Å²) in [6.45, 7) is 0. The molecule has 0 aliphatic heterocycles. The highest BCUT2D eigenvalue weighted by molar-refractivity contribution is 7.85. The molecule has 0 atom stereocenters. The fraction of sp³-hybridized carbons (Fsp3) is 0.429. The van der Waals surface area contributed by atoms with E-state index in [1.807, 2.05) is 16.8 Å². The van der Waals surface area contributed by atoms with E-state index < -0.39 is 10.1 Å². The summed E-state index contributed by atoms with van der Waals surface area (Å²) in [5.74, 6) is -0.150. The number of aryl methyl sites for hydroxylation is 1. The molecular formula is C7H10O3S2. The lowest BCUT2D eigenvalue weighted by Gasteiger charge is -1.95. The standard InChI is InChI=1S/C7H10O3S2/c8-12(9,10)5-1-2-7-3-4-11-6-7/h3-4,6H,1-2,5H2,(H,8,9,10). The van der Waals surface area contributed by atoms with Crippen molar-refractivity contribution in [3.63, 3.8) is 0 Å². The van der Waals surface area contributed by atoms with Crippen molar-refractivity contribution in [2.75, 3.05) is 5.75 Å². The molecule has 0 saturated heterocycles. The van der Waals surface area contributed by atoms with Crippen LogP contribution < -0.4 is 0 Å². The summed E-state index contributed by atoms with van der Waals surface area (Å²) < 4.78 is 29.1. The van der Waals surface area contributed by atoms with Crippen LogP contribution in [0.25, 0.3) is 0 Å². The van der Waals surface area contributed by atoms with E-state index in [-0.39, 0.29) is 5.75 Å². The van der Waals surface area contributed by atoms with Crippen LogP contribution in [0.3, 0.4) is 0 Å². The minimum absolute atomic E-state index is 0.150. The van der Waals surface area contributed by atoms with Crippen LogP contribution in [0.15, 0.2) is 16.8 Å². The van der Waals surface area contributed by atoms with Gasteiger partial charge in [0.05, 0.1) is 5.75 Å². The van der Waals surface area contributed by atoms with Crippen molar-refractivity contribution in [2.24, 2.45) is 0 Å². The maximum atomic E-state index is 10.3. The topological polar surface area (TPSA) is 54.4 Å². The van der Waals surface area contributed by atoms with Gasteiger partial charge in [-0.3, -0.25) is 4.55 Å². The fourth-order valence-electron chi connectivity index (χ4n) is 0.894. The van der Waals surface area contributed by atoms with Gasteiger partial charge in [-0.1, -0.05) is 0 Å². The van der Waals surface area contributed by atoms with Gasteiger partial charge in [0, 0.05) is 0 Å². The Labute approximate surface area is 75.8 Å². The predicted octanol–water partition coefficient (Wildman–Crippen LogP) is 1.57. The van der Waals surface area contributed by atoms with Gasteiger partial charge >= 0.3 is 0 Å². The molecule has 0 unspecified atom stereocenters. The molecule has 1 aromatic heterocycles. The van der Waals surface area contributed by atoms with Crippen molar-refractivity contribution < 1.29 is 13.0 Å². The highest BCUT2D eigenvalue weighted by atomic mass is 32.2. The molecule has 0 aromatic carbocycles. The van der Waals surface area contributed by atoms with E-state index >= 15 is 0 Å². The van der Waals surface area contributed by atoms with Crippen molar-refractivity contribution in [1.29, 1.82) is 0 Å². The lowest BCUT2D eigenvalue weighted by Crippen LogP contribution is -2.04. The summed E-state index contributed by atoms with van der Waals surface area (Å²) in [6.07, 6.45) is 1.19. The van der Waals surface area contributed by atoms with Crippen LogP contribution in [0, 0.1) is 0 Å². The smallest absolute Gasteiger partial charge is 0.264 e. The van der Waals surface area contributed by atoms with Crippen molar-refractivity contribution in [3.05, 3.63) is 22.4 Å². The van der Waals surface area contributed by atoms with Gasteiger partial charge in [0.25, 0.3) is 10.1 Å². The minimum atomic E-state index is -3.77. The lowest BCUT2D eigenvalue weighted by atomic mass is 10.2. The van der Waals surface area contributed by atoms with Gasteiger partial charge in [-0.2, -0.15) is 19.8 Å². The van der Waals surface area contributed by atoms with Crippen molar-refractivity contribution in [2.45, 2.75) is 12.8 Å². The second-order valence-corrected chi connectivity index (χ2v) is 4.87. The van der Waals surface area contributed by atoms with Crippen molar-refractivity contribution in [3.8, 4) is 0 Å². The first-order valence-electron chi connectivity index (χ1n) is 3.54. The van der Waals surface area contributed by atoms with E-state index in [2.05, 4.69) is 0 Å². The summed E-state index contributed by atoms with van der Waals surface area (Å²) >= 11 is 1.59. The molecule has 1 heterocycles. The largest absolute Gasteiger partial charge is 0.286 e. The van der Waals surface area contributed by atoms with E-state index in [0.717, 1.165) is 5.56 Å². The van der Waals surface area contributed by atoms with Crippen LogP contribution in [0.1, 0.15) is 12.0 Å². The molecule has 68 valence electrons. The average molecular weight is 206 g/mol. The van der Waals surface area contributed by atoms with Crippen molar-refractivity contribution in [1.82, 2.24) is 0 Å². The zero-order valence-electron chi connectivity index (χ0n) is 6.43. The van der Waals surface area contributed by atoms with E-state index in [1.165, 1.54) is 0 Å². The molecule has 0 fully saturated rings. The Balaban J connectivity index is 2.29. The molecule has 0 spiro atoms. The third-order valence-electron chi connectivity index (χ3n) is 1.45. The summed E-state index contributed by atoms with van der Waals surface area (Å²) in [5, 5.41) is 3.92. The van der Waals surface area contributed by atoms with E-state index in [0.29, 0.717) is 12.8 Å². The molecule has 1 rings (SSSR count). The number of thiophene rings is 1. The van der Waals surface area contributed by atoms with E-state index in [9.17, 15) is 8.42 Å². The van der Waals surface area contributed by atoms with Gasteiger partial charge < -0.3 is 0 Å². The first-order chi connectivity index (χ1) is 5.58. The molecule has 0 bridgehead atoms. The van der Waals surface area contributed by atoms with Crippen molar-refractivity contribution >= 4 is 21.5 Å². The van der Waals surface area contributed by atoms with Gasteiger partial charge in [-0.15, -0.1) is 0 Å². The zero-order valence-corrected chi connectivity index (χ0v) is 8.07. The molecule has 12 heavy (non-hydrogen) atoms. The van der Waals surface area contributed by atoms with E-state index in [4.69, 9.17) is 4.55 Å². The Bertz CT molecular complexity index is 312. The molecule has 0 saturated carbocycles. The third kappa shape index (κ3) is 3.85. The molecular weight excluding hydrogens is 196 g/mol. The second-order valence-electron chi connectivity index (χ2n) is 2.52. The normalized spacial score (nSPS) is 11.8. The van der Waals surface area contributed by atoms with Crippen LogP contribution in [0.5, 0.6) is 0 Å². The highest BCUT2D eigenvalue weighted by Crippen LogP contribution is 2.08. The SMILES string of the molecule is O=S(=O)(O)CCCc1ccsc1. The van der Waals surface area contributed by atoms with Crippen LogP contribution in [0.4, 0.5) is 0 Å². The molecule has 0 amide bonds. The zero-order chi connectivity index (χ0) is 9.03. The summed E-state index contributed by atoms with van der Waals surface area (Å²) in [4.78, 5) is 0. The van der Waals surface area contributed by atoms with Gasteiger partial charge in [-0.25, -0.2) is 0 Å². The molecule has 1 aromatic rings. The van der Waals surface area contributed by atoms with Gasteiger partial charge in [0.2, 0.25) is 0 Å². The Morgan fingerprint density at radius 1 is 1.50 bits per heavy atom. The third-order valence-corrected chi connectivity index (χ3v) is 2.98. The van der Waals surface area contributed by atoms with Crippen LogP contribution in [0.2, 0.25) is 0 Å². The Hall–Kier alpha value is -0.390. The van der Waals surface area contributed by atoms with Crippen LogP contribution in [-0.2, 0) is 16.5 Å². The van der Waals surface area contributed by atoms with Crippen LogP contribution >= 0.6 is 11.3 Å².